The van der Waals surface area contributed by atoms with E-state index in [1.165, 1.54) is 6.07 Å². The molecule has 1 amide bonds. The van der Waals surface area contributed by atoms with Crippen molar-refractivity contribution in [1.82, 2.24) is 0 Å². The highest BCUT2D eigenvalue weighted by Gasteiger charge is 2.18. The normalized spacial score (nSPS) is 16.4. The molecule has 1 aromatic heterocycles. The molecule has 2 heterocycles. The molecule has 1 unspecified atom stereocenters. The summed E-state index contributed by atoms with van der Waals surface area (Å²) in [6.45, 7) is 1.19. The van der Waals surface area contributed by atoms with Crippen molar-refractivity contribution in [2.24, 2.45) is 0 Å². The maximum atomic E-state index is 12.6. The topological polar surface area (TPSA) is 77.8 Å². The van der Waals surface area contributed by atoms with Gasteiger partial charge in [-0.3, -0.25) is 9.59 Å². The summed E-state index contributed by atoms with van der Waals surface area (Å²) >= 11 is 0. The van der Waals surface area contributed by atoms with Gasteiger partial charge in [0.05, 0.1) is 17.2 Å². The van der Waals surface area contributed by atoms with Crippen LogP contribution in [0.3, 0.4) is 0 Å². The zero-order valence-corrected chi connectivity index (χ0v) is 14.6. The van der Waals surface area contributed by atoms with E-state index >= 15 is 0 Å². The fraction of sp³-hybridized carbons (Fsp3) is 0.238. The van der Waals surface area contributed by atoms with E-state index in [9.17, 15) is 9.59 Å². The van der Waals surface area contributed by atoms with Crippen LogP contribution in [-0.4, -0.2) is 25.2 Å². The number of carbonyl (C=O) groups excluding carboxylic acids is 1. The van der Waals surface area contributed by atoms with Crippen molar-refractivity contribution in [1.29, 1.82) is 0 Å². The van der Waals surface area contributed by atoms with Crippen LogP contribution >= 0.6 is 0 Å². The first kappa shape index (κ1) is 17.3. The summed E-state index contributed by atoms with van der Waals surface area (Å²) in [7, 11) is 0. The molecule has 6 nitrogen and oxygen atoms in total. The lowest BCUT2D eigenvalue weighted by molar-refractivity contribution is 0.0681. The van der Waals surface area contributed by atoms with Crippen LogP contribution in [0.2, 0.25) is 0 Å². The lowest BCUT2D eigenvalue weighted by Gasteiger charge is -2.15. The van der Waals surface area contributed by atoms with Crippen molar-refractivity contribution in [2.45, 2.75) is 18.9 Å². The fourth-order valence-corrected chi connectivity index (χ4v) is 3.05. The van der Waals surface area contributed by atoms with Crippen LogP contribution in [0.5, 0.6) is 5.75 Å². The van der Waals surface area contributed by atoms with Crippen LogP contribution in [-0.2, 0) is 4.74 Å². The molecule has 1 atom stereocenters. The van der Waals surface area contributed by atoms with Crippen LogP contribution < -0.4 is 15.5 Å². The zero-order chi connectivity index (χ0) is 18.6. The first-order valence-electron chi connectivity index (χ1n) is 8.88. The standard InChI is InChI=1S/C21H19NO5/c23-17-12-20(27-18-9-3-1-7-15(17)18)21(24)22-16-8-2-4-10-19(16)26-13-14-6-5-11-25-14/h1-4,7-10,12,14H,5-6,11,13H2,(H,22,24). The van der Waals surface area contributed by atoms with Crippen molar-refractivity contribution >= 4 is 22.6 Å². The molecule has 27 heavy (non-hydrogen) atoms. The van der Waals surface area contributed by atoms with Gasteiger partial charge in [-0.25, -0.2) is 0 Å². The summed E-state index contributed by atoms with van der Waals surface area (Å²) in [4.78, 5) is 24.8. The molecule has 0 saturated carbocycles. The highest BCUT2D eigenvalue weighted by Crippen LogP contribution is 2.26. The van der Waals surface area contributed by atoms with Gasteiger partial charge in [0.1, 0.15) is 17.9 Å². The number of hydrogen-bond acceptors (Lipinski definition) is 5. The Hall–Kier alpha value is -3.12. The summed E-state index contributed by atoms with van der Waals surface area (Å²) in [5.74, 6) is -0.0110. The molecule has 138 valence electrons. The fourth-order valence-electron chi connectivity index (χ4n) is 3.05. The maximum absolute atomic E-state index is 12.6. The van der Waals surface area contributed by atoms with Gasteiger partial charge < -0.3 is 19.2 Å². The minimum atomic E-state index is -0.508. The van der Waals surface area contributed by atoms with Crippen LogP contribution in [0.25, 0.3) is 11.0 Å². The Balaban J connectivity index is 1.53. The summed E-state index contributed by atoms with van der Waals surface area (Å²) in [5, 5.41) is 3.20. The molecule has 4 rings (SSSR count). The number of nitrogens with one attached hydrogen (secondary N) is 1. The minimum absolute atomic E-state index is 0.0485. The lowest BCUT2D eigenvalue weighted by Crippen LogP contribution is -2.18. The van der Waals surface area contributed by atoms with Gasteiger partial charge in [0, 0.05) is 12.7 Å². The Morgan fingerprint density at radius 1 is 1.15 bits per heavy atom. The van der Waals surface area contributed by atoms with Crippen molar-refractivity contribution < 1.29 is 18.7 Å². The molecule has 1 fully saturated rings. The number of rotatable bonds is 5. The molecule has 1 saturated heterocycles. The third kappa shape index (κ3) is 3.85. The quantitative estimate of drug-likeness (QED) is 0.747. The van der Waals surface area contributed by atoms with E-state index in [-0.39, 0.29) is 17.3 Å². The van der Waals surface area contributed by atoms with Crippen molar-refractivity contribution in [3.05, 3.63) is 70.6 Å². The van der Waals surface area contributed by atoms with Gasteiger partial charge in [0.15, 0.2) is 11.2 Å². The predicted molar refractivity (Wildman–Crippen MR) is 101 cm³/mol. The van der Waals surface area contributed by atoms with Crippen molar-refractivity contribution in [2.75, 3.05) is 18.5 Å². The summed E-state index contributed by atoms with van der Waals surface area (Å²) in [5.41, 5.74) is 0.624. The van der Waals surface area contributed by atoms with Gasteiger partial charge in [-0.15, -0.1) is 0 Å². The number of fused-ring (bicyclic) bond motifs is 1. The highest BCUT2D eigenvalue weighted by molar-refractivity contribution is 6.03. The molecule has 6 heteroatoms. The smallest absolute Gasteiger partial charge is 0.291 e. The van der Waals surface area contributed by atoms with E-state index in [0.29, 0.717) is 29.0 Å². The Labute approximate surface area is 155 Å². The third-order valence-corrected chi connectivity index (χ3v) is 4.44. The Bertz CT molecular complexity index is 1020. The Kier molecular flexibility index (Phi) is 4.89. The predicted octanol–water partition coefficient (Wildman–Crippen LogP) is 3.60. The maximum Gasteiger partial charge on any atom is 0.291 e. The number of amides is 1. The monoisotopic (exact) mass is 365 g/mol. The molecule has 0 bridgehead atoms. The average Bonchev–Trinajstić information content (AvgIpc) is 3.21. The zero-order valence-electron chi connectivity index (χ0n) is 14.6. The molecule has 3 aromatic rings. The van der Waals surface area contributed by atoms with Crippen LogP contribution in [0.4, 0.5) is 5.69 Å². The van der Waals surface area contributed by atoms with Crippen molar-refractivity contribution in [3.8, 4) is 5.75 Å². The van der Waals surface area contributed by atoms with E-state index in [1.54, 1.807) is 42.5 Å². The summed E-state index contributed by atoms with van der Waals surface area (Å²) in [6, 6.07) is 15.2. The van der Waals surface area contributed by atoms with E-state index in [4.69, 9.17) is 13.9 Å². The van der Waals surface area contributed by atoms with Crippen LogP contribution in [0.15, 0.2) is 63.8 Å². The second-order valence-corrected chi connectivity index (χ2v) is 6.37. The van der Waals surface area contributed by atoms with Gasteiger partial charge in [-0.05, 0) is 37.1 Å². The minimum Gasteiger partial charge on any atom is -0.489 e. The number of hydrogen-bond donors (Lipinski definition) is 1. The molecular weight excluding hydrogens is 346 g/mol. The van der Waals surface area contributed by atoms with E-state index in [1.807, 2.05) is 6.07 Å². The Morgan fingerprint density at radius 2 is 1.96 bits per heavy atom. The molecule has 1 N–H and O–H groups in total. The number of ether oxygens (including phenoxy) is 2. The van der Waals surface area contributed by atoms with Gasteiger partial charge in [-0.2, -0.15) is 0 Å². The van der Waals surface area contributed by atoms with Crippen LogP contribution in [0.1, 0.15) is 23.4 Å². The van der Waals surface area contributed by atoms with Gasteiger partial charge >= 0.3 is 0 Å². The van der Waals surface area contributed by atoms with Crippen molar-refractivity contribution in [3.63, 3.8) is 0 Å². The number of anilines is 1. The number of carbonyl (C=O) groups is 1. The summed E-state index contributed by atoms with van der Waals surface area (Å²) < 4.78 is 17.0. The molecule has 1 aliphatic heterocycles. The second kappa shape index (κ2) is 7.63. The first-order chi connectivity index (χ1) is 13.2. The highest BCUT2D eigenvalue weighted by atomic mass is 16.5. The molecular formula is C21H19NO5. The van der Waals surface area contributed by atoms with Crippen LogP contribution in [0, 0.1) is 0 Å². The number of para-hydroxylation sites is 3. The second-order valence-electron chi connectivity index (χ2n) is 6.37. The SMILES string of the molecule is O=C(Nc1ccccc1OCC1CCCO1)c1cc(=O)c2ccccc2o1. The largest absolute Gasteiger partial charge is 0.489 e. The average molecular weight is 365 g/mol. The lowest BCUT2D eigenvalue weighted by atomic mass is 10.2. The van der Waals surface area contributed by atoms with E-state index < -0.39 is 5.91 Å². The first-order valence-corrected chi connectivity index (χ1v) is 8.88. The molecule has 0 aliphatic carbocycles. The molecule has 0 spiro atoms. The van der Waals surface area contributed by atoms with E-state index in [2.05, 4.69) is 5.32 Å². The summed E-state index contributed by atoms with van der Waals surface area (Å²) in [6.07, 6.45) is 2.08. The van der Waals surface area contributed by atoms with Gasteiger partial charge in [-0.1, -0.05) is 24.3 Å². The Morgan fingerprint density at radius 3 is 2.81 bits per heavy atom. The molecule has 2 aromatic carbocycles. The van der Waals surface area contributed by atoms with E-state index in [0.717, 1.165) is 19.4 Å². The molecule has 1 aliphatic rings. The number of benzene rings is 2. The molecule has 0 radical (unpaired) electrons. The van der Waals surface area contributed by atoms with Gasteiger partial charge in [0.2, 0.25) is 0 Å². The van der Waals surface area contributed by atoms with Gasteiger partial charge in [0.25, 0.3) is 5.91 Å². The third-order valence-electron chi connectivity index (χ3n) is 4.44.